The van der Waals surface area contributed by atoms with Gasteiger partial charge in [-0.25, -0.2) is 4.68 Å². The molecule has 2 heterocycles. The summed E-state index contributed by atoms with van der Waals surface area (Å²) in [5.41, 5.74) is 3.94. The van der Waals surface area contributed by atoms with Crippen molar-refractivity contribution in [3.8, 4) is 5.69 Å². The molecule has 1 aliphatic rings. The smallest absolute Gasteiger partial charge is 0.103 e. The Morgan fingerprint density at radius 3 is 2.57 bits per heavy atom. The molecule has 5 heteroatoms. The molecule has 1 aliphatic heterocycles. The highest BCUT2D eigenvalue weighted by atomic mass is 35.5. The minimum atomic E-state index is -1.02. The Bertz CT molecular complexity index is 1110. The molecule has 0 aliphatic carbocycles. The van der Waals surface area contributed by atoms with Crippen LogP contribution in [0.15, 0.2) is 71.7 Å². The number of hydrogen-bond acceptors (Lipinski definition) is 3. The maximum Gasteiger partial charge on any atom is 0.103 e. The number of para-hydroxylation sites is 1. The quantitative estimate of drug-likeness (QED) is 0.476. The van der Waals surface area contributed by atoms with Gasteiger partial charge in [-0.1, -0.05) is 65.7 Å². The number of nitrogens with zero attached hydrogens (tertiary/aromatic N) is 2. The summed E-state index contributed by atoms with van der Waals surface area (Å²) in [6, 6.07) is 18.2. The van der Waals surface area contributed by atoms with E-state index in [0.29, 0.717) is 10.7 Å². The number of rotatable bonds is 5. The summed E-state index contributed by atoms with van der Waals surface area (Å²) in [6.07, 6.45) is 7.48. The van der Waals surface area contributed by atoms with Crippen LogP contribution in [-0.4, -0.2) is 14.9 Å². The van der Waals surface area contributed by atoms with Gasteiger partial charge in [-0.2, -0.15) is 5.10 Å². The van der Waals surface area contributed by atoms with Crippen molar-refractivity contribution in [1.82, 2.24) is 9.78 Å². The summed E-state index contributed by atoms with van der Waals surface area (Å²) in [4.78, 5) is 1.23. The fourth-order valence-corrected chi connectivity index (χ4v) is 4.73. The Morgan fingerprint density at radius 2 is 1.87 bits per heavy atom. The lowest BCUT2D eigenvalue weighted by Crippen LogP contribution is -2.16. The van der Waals surface area contributed by atoms with Crippen molar-refractivity contribution in [2.45, 2.75) is 38.0 Å². The maximum absolute atomic E-state index is 10.5. The van der Waals surface area contributed by atoms with Gasteiger partial charge < -0.3 is 5.11 Å². The third-order valence-electron chi connectivity index (χ3n) is 5.10. The first-order valence-electron chi connectivity index (χ1n) is 10.0. The maximum atomic E-state index is 10.5. The summed E-state index contributed by atoms with van der Waals surface area (Å²) in [5, 5.41) is 16.1. The van der Waals surface area contributed by atoms with E-state index in [2.05, 4.69) is 49.4 Å². The van der Waals surface area contributed by atoms with Gasteiger partial charge >= 0.3 is 0 Å². The molecule has 0 saturated heterocycles. The number of halogens is 1. The summed E-state index contributed by atoms with van der Waals surface area (Å²) in [6.45, 7) is 5.61. The van der Waals surface area contributed by atoms with Crippen molar-refractivity contribution in [2.75, 3.05) is 0 Å². The second-order valence-corrected chi connectivity index (χ2v) is 9.75. The van der Waals surface area contributed by atoms with Gasteiger partial charge in [0.05, 0.1) is 27.3 Å². The van der Waals surface area contributed by atoms with Gasteiger partial charge in [0.1, 0.15) is 5.60 Å². The molecule has 0 saturated carbocycles. The lowest BCUT2D eigenvalue weighted by atomic mass is 10.0. The average molecular weight is 437 g/mol. The van der Waals surface area contributed by atoms with E-state index in [4.69, 9.17) is 16.7 Å². The molecule has 0 radical (unpaired) electrons. The number of aliphatic hydroxyl groups is 1. The van der Waals surface area contributed by atoms with Crippen LogP contribution in [0.5, 0.6) is 0 Å². The Labute approximate surface area is 187 Å². The van der Waals surface area contributed by atoms with Crippen LogP contribution in [0.25, 0.3) is 11.8 Å². The summed E-state index contributed by atoms with van der Waals surface area (Å²) in [7, 11) is 0. The van der Waals surface area contributed by atoms with Gasteiger partial charge in [0.25, 0.3) is 0 Å². The fourth-order valence-electron chi connectivity index (χ4n) is 3.37. The number of aryl methyl sites for hydroxylation is 1. The molecule has 0 spiro atoms. The highest BCUT2D eigenvalue weighted by Crippen LogP contribution is 2.45. The molecule has 0 bridgehead atoms. The SMILES string of the molecule is Cc1ccc(/C=C/C2=CCC(c3cc(C(C)(C)O)nn3-c3ccccc3Cl)S2)cc1. The number of allylic oxidation sites excluding steroid dienone is 2. The zero-order valence-electron chi connectivity index (χ0n) is 17.3. The van der Waals surface area contributed by atoms with E-state index in [9.17, 15) is 5.11 Å². The van der Waals surface area contributed by atoms with E-state index in [-0.39, 0.29) is 5.25 Å². The summed E-state index contributed by atoms with van der Waals surface area (Å²) < 4.78 is 1.88. The normalized spacial score (nSPS) is 17.0. The number of aromatic nitrogens is 2. The van der Waals surface area contributed by atoms with Crippen LogP contribution in [0.4, 0.5) is 0 Å². The molecule has 1 N–H and O–H groups in total. The standard InChI is InChI=1S/C25H25ClN2OS/c1-17-8-10-18(11-9-17)12-13-19-14-15-23(30-19)22-16-24(25(2,3)29)27-28(22)21-7-5-4-6-20(21)26/h4-14,16,23,29H,15H2,1-3H3/b13-12+. The molecule has 2 aromatic carbocycles. The van der Waals surface area contributed by atoms with Crippen molar-refractivity contribution in [3.05, 3.63) is 99.2 Å². The predicted octanol–water partition coefficient (Wildman–Crippen LogP) is 6.84. The number of thioether (sulfide) groups is 1. The minimum Gasteiger partial charge on any atom is -0.384 e. The van der Waals surface area contributed by atoms with Gasteiger partial charge in [-0.15, -0.1) is 11.8 Å². The molecular weight excluding hydrogens is 412 g/mol. The minimum absolute atomic E-state index is 0.211. The van der Waals surface area contributed by atoms with Gasteiger partial charge in [-0.3, -0.25) is 0 Å². The highest BCUT2D eigenvalue weighted by Gasteiger charge is 2.28. The zero-order valence-corrected chi connectivity index (χ0v) is 18.9. The highest BCUT2D eigenvalue weighted by molar-refractivity contribution is 8.03. The summed E-state index contributed by atoms with van der Waals surface area (Å²) in [5.74, 6) is 0. The van der Waals surface area contributed by atoms with Crippen molar-refractivity contribution in [3.63, 3.8) is 0 Å². The monoisotopic (exact) mass is 436 g/mol. The molecule has 30 heavy (non-hydrogen) atoms. The van der Waals surface area contributed by atoms with E-state index >= 15 is 0 Å². The van der Waals surface area contributed by atoms with Crippen molar-refractivity contribution >= 4 is 29.4 Å². The van der Waals surface area contributed by atoms with Crippen LogP contribution in [0, 0.1) is 6.92 Å². The molecule has 3 nitrogen and oxygen atoms in total. The van der Waals surface area contributed by atoms with E-state index in [1.54, 1.807) is 13.8 Å². The van der Waals surface area contributed by atoms with E-state index < -0.39 is 5.60 Å². The number of hydrogen-bond donors (Lipinski definition) is 1. The molecule has 0 fully saturated rings. The van der Waals surface area contributed by atoms with Gasteiger partial charge in [0, 0.05) is 4.91 Å². The van der Waals surface area contributed by atoms with Crippen LogP contribution in [0.1, 0.15) is 48.0 Å². The van der Waals surface area contributed by atoms with Crippen LogP contribution in [0.3, 0.4) is 0 Å². The fraction of sp³-hybridized carbons (Fsp3) is 0.240. The first-order valence-corrected chi connectivity index (χ1v) is 11.3. The van der Waals surface area contributed by atoms with Gasteiger partial charge in [0.2, 0.25) is 0 Å². The van der Waals surface area contributed by atoms with Crippen LogP contribution in [-0.2, 0) is 5.60 Å². The Kier molecular flexibility index (Phi) is 5.92. The Morgan fingerprint density at radius 1 is 1.13 bits per heavy atom. The number of benzene rings is 2. The van der Waals surface area contributed by atoms with Crippen LogP contribution in [0.2, 0.25) is 5.02 Å². The first kappa shape index (κ1) is 21.0. The van der Waals surface area contributed by atoms with Crippen molar-refractivity contribution < 1.29 is 5.11 Å². The second-order valence-electron chi connectivity index (χ2n) is 8.07. The first-order chi connectivity index (χ1) is 14.3. The summed E-state index contributed by atoms with van der Waals surface area (Å²) >= 11 is 8.28. The van der Waals surface area contributed by atoms with Gasteiger partial charge in [-0.05, 0) is 57.0 Å². The van der Waals surface area contributed by atoms with Crippen LogP contribution < -0.4 is 0 Å². The predicted molar refractivity (Wildman–Crippen MR) is 127 cm³/mol. The second kappa shape index (κ2) is 8.46. The third-order valence-corrected chi connectivity index (χ3v) is 6.72. The van der Waals surface area contributed by atoms with E-state index in [1.807, 2.05) is 46.8 Å². The van der Waals surface area contributed by atoms with E-state index in [0.717, 1.165) is 17.8 Å². The zero-order chi connectivity index (χ0) is 21.3. The molecular formula is C25H25ClN2OS. The molecule has 1 unspecified atom stereocenters. The van der Waals surface area contributed by atoms with Crippen molar-refractivity contribution in [1.29, 1.82) is 0 Å². The third kappa shape index (κ3) is 4.56. The molecule has 0 amide bonds. The Hall–Kier alpha value is -2.27. The van der Waals surface area contributed by atoms with E-state index in [1.165, 1.54) is 16.0 Å². The average Bonchev–Trinajstić information content (AvgIpc) is 3.35. The largest absolute Gasteiger partial charge is 0.384 e. The topological polar surface area (TPSA) is 38.1 Å². The molecule has 1 aromatic heterocycles. The van der Waals surface area contributed by atoms with Gasteiger partial charge in [0.15, 0.2) is 0 Å². The Balaban J connectivity index is 1.61. The molecule has 4 rings (SSSR count). The van der Waals surface area contributed by atoms with Crippen LogP contribution >= 0.6 is 23.4 Å². The molecule has 154 valence electrons. The lowest BCUT2D eigenvalue weighted by molar-refractivity contribution is 0.0734. The lowest BCUT2D eigenvalue weighted by Gasteiger charge is -2.14. The molecule has 1 atom stereocenters. The molecule has 3 aromatic rings. The van der Waals surface area contributed by atoms with Crippen molar-refractivity contribution in [2.24, 2.45) is 0 Å².